The second-order valence-electron chi connectivity index (χ2n) is 5.07. The minimum absolute atomic E-state index is 0.635. The molecule has 0 radical (unpaired) electrons. The zero-order valence-electron chi connectivity index (χ0n) is 11.0. The van der Waals surface area contributed by atoms with Gasteiger partial charge in [0, 0.05) is 6.42 Å². The molecule has 2 aromatic rings. The molecule has 0 saturated carbocycles. The van der Waals surface area contributed by atoms with Crippen molar-refractivity contribution in [1.29, 1.82) is 0 Å². The first kappa shape index (κ1) is 12.8. The summed E-state index contributed by atoms with van der Waals surface area (Å²) in [5.74, 6) is 0. The lowest BCUT2D eigenvalue weighted by Crippen LogP contribution is -2.48. The Kier molecular flexibility index (Phi) is 3.50. The summed E-state index contributed by atoms with van der Waals surface area (Å²) in [5.41, 5.74) is 16.2. The second kappa shape index (κ2) is 4.92. The van der Waals surface area contributed by atoms with Gasteiger partial charge in [-0.2, -0.15) is 0 Å². The number of hydrogen-bond acceptors (Lipinski definition) is 2. The van der Waals surface area contributed by atoms with Gasteiger partial charge in [-0.3, -0.25) is 0 Å². The van der Waals surface area contributed by atoms with Gasteiger partial charge >= 0.3 is 0 Å². The Balaban J connectivity index is 2.20. The van der Waals surface area contributed by atoms with E-state index in [9.17, 15) is 0 Å². The summed E-state index contributed by atoms with van der Waals surface area (Å²) in [7, 11) is 0. The molecule has 4 N–H and O–H groups in total. The summed E-state index contributed by atoms with van der Waals surface area (Å²) in [5, 5.41) is 0. The van der Waals surface area contributed by atoms with E-state index in [1.807, 2.05) is 24.3 Å². The van der Waals surface area contributed by atoms with Crippen LogP contribution >= 0.6 is 0 Å². The van der Waals surface area contributed by atoms with Gasteiger partial charge in [-0.15, -0.1) is 0 Å². The van der Waals surface area contributed by atoms with E-state index in [1.165, 1.54) is 11.1 Å². The Hall–Kier alpha value is -1.64. The van der Waals surface area contributed by atoms with Crippen LogP contribution in [0.25, 0.3) is 0 Å². The predicted octanol–water partition coefficient (Wildman–Crippen LogP) is 2.62. The van der Waals surface area contributed by atoms with Crippen LogP contribution in [0.3, 0.4) is 0 Å². The van der Waals surface area contributed by atoms with Crippen molar-refractivity contribution in [2.75, 3.05) is 0 Å². The summed E-state index contributed by atoms with van der Waals surface area (Å²) in [6.45, 7) is 4.13. The van der Waals surface area contributed by atoms with E-state index in [2.05, 4.69) is 38.1 Å². The third-order valence-electron chi connectivity index (χ3n) is 3.21. The summed E-state index contributed by atoms with van der Waals surface area (Å²) >= 11 is 0. The van der Waals surface area contributed by atoms with Crippen LogP contribution in [0.2, 0.25) is 0 Å². The van der Waals surface area contributed by atoms with Crippen LogP contribution in [0.4, 0.5) is 0 Å². The van der Waals surface area contributed by atoms with Crippen LogP contribution in [-0.2, 0) is 12.1 Å². The molecule has 0 aromatic heterocycles. The first-order chi connectivity index (χ1) is 8.47. The van der Waals surface area contributed by atoms with Crippen molar-refractivity contribution < 1.29 is 0 Å². The zero-order valence-corrected chi connectivity index (χ0v) is 11.0. The van der Waals surface area contributed by atoms with Crippen molar-refractivity contribution in [3.05, 3.63) is 70.8 Å². The second-order valence-corrected chi connectivity index (χ2v) is 5.07. The maximum absolute atomic E-state index is 6.24. The van der Waals surface area contributed by atoms with Crippen LogP contribution in [0.15, 0.2) is 48.5 Å². The van der Waals surface area contributed by atoms with Gasteiger partial charge in [0.25, 0.3) is 0 Å². The molecule has 18 heavy (non-hydrogen) atoms. The molecule has 2 aromatic carbocycles. The SMILES string of the molecule is Cc1ccc(CC(N)(N)c2ccc(C)cc2)cc1. The highest BCUT2D eigenvalue weighted by Gasteiger charge is 2.21. The lowest BCUT2D eigenvalue weighted by atomic mass is 9.93. The normalized spacial score (nSPS) is 11.6. The summed E-state index contributed by atoms with van der Waals surface area (Å²) in [4.78, 5) is 0. The molecule has 0 atom stereocenters. The summed E-state index contributed by atoms with van der Waals surface area (Å²) < 4.78 is 0. The molecule has 94 valence electrons. The topological polar surface area (TPSA) is 52.0 Å². The molecule has 0 aliphatic carbocycles. The van der Waals surface area contributed by atoms with Crippen molar-refractivity contribution in [1.82, 2.24) is 0 Å². The van der Waals surface area contributed by atoms with Crippen LogP contribution < -0.4 is 11.5 Å². The molecule has 0 heterocycles. The average Bonchev–Trinajstić information content (AvgIpc) is 2.32. The van der Waals surface area contributed by atoms with Crippen LogP contribution in [0.1, 0.15) is 22.3 Å². The monoisotopic (exact) mass is 240 g/mol. The largest absolute Gasteiger partial charge is 0.309 e. The van der Waals surface area contributed by atoms with E-state index >= 15 is 0 Å². The number of rotatable bonds is 3. The lowest BCUT2D eigenvalue weighted by molar-refractivity contribution is 0.461. The molecule has 0 amide bonds. The van der Waals surface area contributed by atoms with Gasteiger partial charge in [0.1, 0.15) is 0 Å². The highest BCUT2D eigenvalue weighted by Crippen LogP contribution is 2.19. The van der Waals surface area contributed by atoms with E-state index in [4.69, 9.17) is 11.5 Å². The molecular formula is C16H20N2. The zero-order chi connectivity index (χ0) is 13.2. The third-order valence-corrected chi connectivity index (χ3v) is 3.21. The van der Waals surface area contributed by atoms with Gasteiger partial charge < -0.3 is 11.5 Å². The first-order valence-electron chi connectivity index (χ1n) is 6.18. The Morgan fingerprint density at radius 1 is 0.778 bits per heavy atom. The molecule has 2 nitrogen and oxygen atoms in total. The quantitative estimate of drug-likeness (QED) is 0.810. The highest BCUT2D eigenvalue weighted by molar-refractivity contribution is 5.30. The maximum atomic E-state index is 6.24. The number of hydrogen-bond donors (Lipinski definition) is 2. The average molecular weight is 240 g/mol. The van der Waals surface area contributed by atoms with Crippen molar-refractivity contribution in [3.8, 4) is 0 Å². The van der Waals surface area contributed by atoms with E-state index in [-0.39, 0.29) is 0 Å². The minimum Gasteiger partial charge on any atom is -0.309 e. The van der Waals surface area contributed by atoms with Crippen molar-refractivity contribution in [3.63, 3.8) is 0 Å². The Morgan fingerprint density at radius 2 is 1.22 bits per heavy atom. The Labute approximate surface area is 109 Å². The fourth-order valence-electron chi connectivity index (χ4n) is 2.01. The van der Waals surface area contributed by atoms with Crippen LogP contribution in [0, 0.1) is 13.8 Å². The van der Waals surface area contributed by atoms with Crippen molar-refractivity contribution in [2.24, 2.45) is 11.5 Å². The van der Waals surface area contributed by atoms with E-state index in [0.29, 0.717) is 6.42 Å². The fraction of sp³-hybridized carbons (Fsp3) is 0.250. The van der Waals surface area contributed by atoms with E-state index in [0.717, 1.165) is 11.1 Å². The van der Waals surface area contributed by atoms with E-state index in [1.54, 1.807) is 0 Å². The smallest absolute Gasteiger partial charge is 0.0940 e. The number of nitrogens with two attached hydrogens (primary N) is 2. The standard InChI is InChI=1S/C16H20N2/c1-12-3-7-14(8-4-12)11-16(17,18)15-9-5-13(2)6-10-15/h3-10H,11,17-18H2,1-2H3. The molecule has 2 heteroatoms. The molecule has 0 bridgehead atoms. The van der Waals surface area contributed by atoms with Gasteiger partial charge in [0.05, 0.1) is 5.66 Å². The molecule has 0 unspecified atom stereocenters. The lowest BCUT2D eigenvalue weighted by Gasteiger charge is -2.25. The molecule has 0 fully saturated rings. The van der Waals surface area contributed by atoms with Crippen molar-refractivity contribution >= 4 is 0 Å². The number of aryl methyl sites for hydroxylation is 2. The summed E-state index contributed by atoms with van der Waals surface area (Å²) in [6.07, 6.45) is 0.635. The molecule has 2 rings (SSSR count). The number of benzene rings is 2. The van der Waals surface area contributed by atoms with Crippen LogP contribution in [0.5, 0.6) is 0 Å². The Morgan fingerprint density at radius 3 is 1.72 bits per heavy atom. The molecule has 0 aliphatic rings. The van der Waals surface area contributed by atoms with Gasteiger partial charge in [0.15, 0.2) is 0 Å². The molecule has 0 saturated heterocycles. The minimum atomic E-state index is -0.817. The first-order valence-corrected chi connectivity index (χ1v) is 6.18. The molecule has 0 spiro atoms. The highest BCUT2D eigenvalue weighted by atomic mass is 14.9. The van der Waals surface area contributed by atoms with Crippen LogP contribution in [-0.4, -0.2) is 0 Å². The van der Waals surface area contributed by atoms with Crippen molar-refractivity contribution in [2.45, 2.75) is 25.9 Å². The van der Waals surface area contributed by atoms with Gasteiger partial charge in [-0.05, 0) is 25.0 Å². The third kappa shape index (κ3) is 2.97. The van der Waals surface area contributed by atoms with Gasteiger partial charge in [-0.25, -0.2) is 0 Å². The van der Waals surface area contributed by atoms with Gasteiger partial charge in [-0.1, -0.05) is 59.7 Å². The summed E-state index contributed by atoms with van der Waals surface area (Å²) in [6, 6.07) is 16.4. The predicted molar refractivity (Wildman–Crippen MR) is 76.1 cm³/mol. The molecular weight excluding hydrogens is 220 g/mol. The molecule has 0 aliphatic heterocycles. The van der Waals surface area contributed by atoms with Gasteiger partial charge in [0.2, 0.25) is 0 Å². The van der Waals surface area contributed by atoms with E-state index < -0.39 is 5.66 Å². The maximum Gasteiger partial charge on any atom is 0.0940 e. The Bertz CT molecular complexity index is 510. The fourth-order valence-corrected chi connectivity index (χ4v) is 2.01.